The first-order valence-corrected chi connectivity index (χ1v) is 13.9. The predicted octanol–water partition coefficient (Wildman–Crippen LogP) is 3.93. The van der Waals surface area contributed by atoms with E-state index in [1.54, 1.807) is 0 Å². The SMILES string of the molecule is CC(C)CN1CC2CC3CNC2(C(=O)NCc2ccccc2)C1C3CCCCNC(=O)OC(C)(C)C. The summed E-state index contributed by atoms with van der Waals surface area (Å²) in [6.45, 7) is 14.3. The van der Waals surface area contributed by atoms with Gasteiger partial charge in [-0.25, -0.2) is 4.79 Å². The van der Waals surface area contributed by atoms with Crippen LogP contribution in [0.4, 0.5) is 4.79 Å². The number of likely N-dealkylation sites (tertiary alicyclic amines) is 1. The number of carbonyl (C=O) groups excluding carboxylic acids is 2. The normalized spacial score (nSPS) is 29.4. The van der Waals surface area contributed by atoms with Gasteiger partial charge in [0.2, 0.25) is 5.91 Å². The average molecular weight is 499 g/mol. The molecule has 3 aliphatic heterocycles. The lowest BCUT2D eigenvalue weighted by Gasteiger charge is -2.56. The summed E-state index contributed by atoms with van der Waals surface area (Å²) in [5, 5.41) is 9.96. The molecule has 3 heterocycles. The van der Waals surface area contributed by atoms with Crippen molar-refractivity contribution >= 4 is 12.0 Å². The van der Waals surface area contributed by atoms with Gasteiger partial charge in [-0.3, -0.25) is 9.69 Å². The van der Waals surface area contributed by atoms with E-state index in [-0.39, 0.29) is 18.0 Å². The van der Waals surface area contributed by atoms with Gasteiger partial charge in [0.15, 0.2) is 0 Å². The van der Waals surface area contributed by atoms with Gasteiger partial charge in [0.1, 0.15) is 11.1 Å². The Kier molecular flexibility index (Phi) is 8.30. The molecule has 0 aromatic heterocycles. The number of ether oxygens (including phenoxy) is 1. The molecule has 4 bridgehead atoms. The number of rotatable bonds is 10. The minimum absolute atomic E-state index is 0.169. The third kappa shape index (κ3) is 5.88. The number of piperidine rings is 2. The highest BCUT2D eigenvalue weighted by atomic mass is 16.6. The Bertz CT molecular complexity index is 900. The molecule has 4 aliphatic rings. The molecule has 1 aliphatic carbocycles. The van der Waals surface area contributed by atoms with Gasteiger partial charge >= 0.3 is 6.09 Å². The number of benzene rings is 1. The van der Waals surface area contributed by atoms with Crippen molar-refractivity contribution in [1.29, 1.82) is 0 Å². The van der Waals surface area contributed by atoms with Crippen LogP contribution in [0.5, 0.6) is 0 Å². The summed E-state index contributed by atoms with van der Waals surface area (Å²) in [6, 6.07) is 10.4. The van der Waals surface area contributed by atoms with Crippen LogP contribution in [0.3, 0.4) is 0 Å². The lowest BCUT2D eigenvalue weighted by atomic mass is 9.58. The van der Waals surface area contributed by atoms with E-state index < -0.39 is 11.1 Å². The van der Waals surface area contributed by atoms with Gasteiger partial charge < -0.3 is 20.7 Å². The molecule has 3 saturated heterocycles. The summed E-state index contributed by atoms with van der Waals surface area (Å²) in [5.74, 6) is 2.20. The number of fused-ring (bicyclic) bond motifs is 1. The number of amides is 2. The first-order valence-electron chi connectivity index (χ1n) is 13.9. The van der Waals surface area contributed by atoms with E-state index in [9.17, 15) is 9.59 Å². The van der Waals surface area contributed by atoms with Crippen molar-refractivity contribution in [2.75, 3.05) is 26.2 Å². The van der Waals surface area contributed by atoms with Gasteiger partial charge in [-0.15, -0.1) is 0 Å². The van der Waals surface area contributed by atoms with Crippen molar-refractivity contribution in [2.24, 2.45) is 23.7 Å². The molecule has 5 atom stereocenters. The zero-order chi connectivity index (χ0) is 25.9. The summed E-state index contributed by atoms with van der Waals surface area (Å²) < 4.78 is 5.35. The highest BCUT2D eigenvalue weighted by molar-refractivity contribution is 5.89. The summed E-state index contributed by atoms with van der Waals surface area (Å²) in [6.07, 6.45) is 3.82. The quantitative estimate of drug-likeness (QED) is 0.426. The highest BCUT2D eigenvalue weighted by Crippen LogP contribution is 2.53. The van der Waals surface area contributed by atoms with Crippen LogP contribution in [0.25, 0.3) is 0 Å². The Morgan fingerprint density at radius 1 is 1.17 bits per heavy atom. The Labute approximate surface area is 217 Å². The van der Waals surface area contributed by atoms with E-state index >= 15 is 0 Å². The monoisotopic (exact) mass is 498 g/mol. The van der Waals surface area contributed by atoms with Crippen molar-refractivity contribution in [3.8, 4) is 0 Å². The number of alkyl carbamates (subject to hydrolysis) is 1. The lowest BCUT2D eigenvalue weighted by molar-refractivity contribution is -0.138. The van der Waals surface area contributed by atoms with E-state index in [0.29, 0.717) is 36.8 Å². The van der Waals surface area contributed by atoms with Crippen molar-refractivity contribution in [1.82, 2.24) is 20.9 Å². The first kappa shape index (κ1) is 26.9. The van der Waals surface area contributed by atoms with Crippen LogP contribution >= 0.6 is 0 Å². The highest BCUT2D eigenvalue weighted by Gasteiger charge is 2.67. The largest absolute Gasteiger partial charge is 0.444 e. The molecule has 4 fully saturated rings. The minimum Gasteiger partial charge on any atom is -0.444 e. The molecule has 2 amide bonds. The van der Waals surface area contributed by atoms with Crippen LogP contribution in [0, 0.1) is 23.7 Å². The van der Waals surface area contributed by atoms with Crippen LogP contribution in [0.2, 0.25) is 0 Å². The predicted molar refractivity (Wildman–Crippen MR) is 142 cm³/mol. The molecule has 5 unspecified atom stereocenters. The number of nitrogens with one attached hydrogen (secondary N) is 3. The van der Waals surface area contributed by atoms with Crippen molar-refractivity contribution < 1.29 is 14.3 Å². The molecule has 0 radical (unpaired) electrons. The number of hydrogen-bond donors (Lipinski definition) is 3. The van der Waals surface area contributed by atoms with E-state index in [1.807, 2.05) is 39.0 Å². The lowest BCUT2D eigenvalue weighted by Crippen LogP contribution is -2.76. The Morgan fingerprint density at radius 3 is 2.61 bits per heavy atom. The molecule has 3 N–H and O–H groups in total. The Morgan fingerprint density at radius 2 is 1.92 bits per heavy atom. The Hall–Kier alpha value is -2.12. The second-order valence-corrected chi connectivity index (χ2v) is 12.5. The van der Waals surface area contributed by atoms with E-state index in [0.717, 1.165) is 50.9 Å². The van der Waals surface area contributed by atoms with Gasteiger partial charge in [0.05, 0.1) is 0 Å². The molecule has 1 aromatic rings. The molecular weight excluding hydrogens is 452 g/mol. The van der Waals surface area contributed by atoms with Gasteiger partial charge in [-0.2, -0.15) is 0 Å². The first-order chi connectivity index (χ1) is 17.1. The summed E-state index contributed by atoms with van der Waals surface area (Å²) in [4.78, 5) is 28.5. The van der Waals surface area contributed by atoms with Crippen LogP contribution in [0.1, 0.15) is 65.9 Å². The Balaban J connectivity index is 1.41. The van der Waals surface area contributed by atoms with Crippen molar-refractivity contribution in [3.05, 3.63) is 35.9 Å². The van der Waals surface area contributed by atoms with Crippen LogP contribution < -0.4 is 16.0 Å². The van der Waals surface area contributed by atoms with Gasteiger partial charge in [0.25, 0.3) is 0 Å². The zero-order valence-electron chi connectivity index (χ0n) is 22.8. The smallest absolute Gasteiger partial charge is 0.407 e. The third-order valence-corrected chi connectivity index (χ3v) is 8.12. The second-order valence-electron chi connectivity index (χ2n) is 12.5. The molecule has 1 aromatic carbocycles. The molecule has 200 valence electrons. The van der Waals surface area contributed by atoms with Crippen molar-refractivity contribution in [3.63, 3.8) is 0 Å². The average Bonchev–Trinajstić information content (AvgIpc) is 3.06. The maximum Gasteiger partial charge on any atom is 0.407 e. The number of hydrogen-bond acceptors (Lipinski definition) is 5. The van der Waals surface area contributed by atoms with Crippen LogP contribution in [-0.2, 0) is 16.1 Å². The van der Waals surface area contributed by atoms with Gasteiger partial charge in [-0.1, -0.05) is 50.6 Å². The molecule has 1 saturated carbocycles. The molecule has 36 heavy (non-hydrogen) atoms. The number of carbonyl (C=O) groups is 2. The maximum atomic E-state index is 13.9. The van der Waals surface area contributed by atoms with Crippen LogP contribution in [-0.4, -0.2) is 60.3 Å². The summed E-state index contributed by atoms with van der Waals surface area (Å²) >= 11 is 0. The number of nitrogens with zero attached hydrogens (tertiary/aromatic N) is 1. The summed E-state index contributed by atoms with van der Waals surface area (Å²) in [5.41, 5.74) is 0.150. The van der Waals surface area contributed by atoms with E-state index in [4.69, 9.17) is 4.74 Å². The molecule has 7 heteroatoms. The topological polar surface area (TPSA) is 82.7 Å². The molecule has 0 spiro atoms. The zero-order valence-corrected chi connectivity index (χ0v) is 22.8. The standard InChI is InChI=1S/C29H46N4O3/c1-20(2)18-33-19-23-15-22-17-32-29(23,26(34)31-16-21-11-7-6-8-12-21)25(33)24(22)13-9-10-14-30-27(35)36-28(3,4)5/h6-8,11-12,20,22-25,32H,9-10,13-19H2,1-5H3,(H,30,35)(H,31,34). The molecule has 7 nitrogen and oxygen atoms in total. The third-order valence-electron chi connectivity index (χ3n) is 8.12. The molecular formula is C29H46N4O3. The van der Waals surface area contributed by atoms with E-state index in [1.165, 1.54) is 0 Å². The fourth-order valence-electron chi connectivity index (χ4n) is 6.91. The number of unbranched alkanes of at least 4 members (excludes halogenated alkanes) is 1. The van der Waals surface area contributed by atoms with E-state index in [2.05, 4.69) is 46.8 Å². The second kappa shape index (κ2) is 11.1. The molecule has 5 rings (SSSR count). The van der Waals surface area contributed by atoms with Gasteiger partial charge in [0, 0.05) is 38.1 Å². The summed E-state index contributed by atoms with van der Waals surface area (Å²) in [7, 11) is 0. The van der Waals surface area contributed by atoms with Gasteiger partial charge in [-0.05, 0) is 69.9 Å². The van der Waals surface area contributed by atoms with Crippen LogP contribution in [0.15, 0.2) is 30.3 Å². The fraction of sp³-hybridized carbons (Fsp3) is 0.724. The fourth-order valence-corrected chi connectivity index (χ4v) is 6.91. The minimum atomic E-state index is -0.502. The van der Waals surface area contributed by atoms with Crippen molar-refractivity contribution in [2.45, 2.75) is 84.0 Å². The maximum absolute atomic E-state index is 13.9.